The van der Waals surface area contributed by atoms with Gasteiger partial charge in [0.1, 0.15) is 0 Å². The molecule has 2 N–H and O–H groups in total. The van der Waals surface area contributed by atoms with E-state index in [4.69, 9.17) is 9.84 Å². The average Bonchev–Trinajstić information content (AvgIpc) is 3.61. The van der Waals surface area contributed by atoms with Gasteiger partial charge >= 0.3 is 5.97 Å². The van der Waals surface area contributed by atoms with Gasteiger partial charge in [0.25, 0.3) is 5.91 Å². The molecule has 46 heavy (non-hydrogen) atoms. The van der Waals surface area contributed by atoms with Crippen molar-refractivity contribution < 1.29 is 29.3 Å². The van der Waals surface area contributed by atoms with Crippen molar-refractivity contribution in [2.24, 2.45) is 11.0 Å². The van der Waals surface area contributed by atoms with Crippen molar-refractivity contribution in [3.8, 4) is 0 Å². The number of anilines is 2. The van der Waals surface area contributed by atoms with E-state index in [1.807, 2.05) is 42.5 Å². The number of aryl methyl sites for hydroxylation is 1. The van der Waals surface area contributed by atoms with Gasteiger partial charge in [0, 0.05) is 63.1 Å². The lowest BCUT2D eigenvalue weighted by molar-refractivity contribution is -0.140. The summed E-state index contributed by atoms with van der Waals surface area (Å²) in [5.41, 5.74) is 1.96. The number of benzene rings is 2. The maximum atomic E-state index is 14.0. The Morgan fingerprint density at radius 2 is 1.91 bits per heavy atom. The molecule has 2 atom stereocenters. The highest BCUT2D eigenvalue weighted by molar-refractivity contribution is 6.10. The molecule has 2 aromatic carbocycles. The summed E-state index contributed by atoms with van der Waals surface area (Å²) in [6, 6.07) is 14.9. The van der Waals surface area contributed by atoms with Crippen LogP contribution in [0.1, 0.15) is 62.3 Å². The molecule has 0 radical (unpaired) electrons. The summed E-state index contributed by atoms with van der Waals surface area (Å²) in [5, 5.41) is 35.5. The number of carbonyl (C=O) groups is 3. The number of allylic oxidation sites excluding steroid dienone is 1. The first kappa shape index (κ1) is 32.7. The lowest BCUT2D eigenvalue weighted by Crippen LogP contribution is -2.44. The number of carbonyl (C=O) groups excluding carboxylic acids is 3. The van der Waals surface area contributed by atoms with E-state index in [1.165, 1.54) is 12.1 Å². The molecule has 0 saturated heterocycles. The van der Waals surface area contributed by atoms with E-state index >= 15 is 0 Å². The summed E-state index contributed by atoms with van der Waals surface area (Å²) in [6.07, 6.45) is 8.62. The van der Waals surface area contributed by atoms with Crippen LogP contribution in [0.4, 0.5) is 11.4 Å². The van der Waals surface area contributed by atoms with Crippen molar-refractivity contribution in [1.29, 1.82) is 0 Å². The van der Waals surface area contributed by atoms with Gasteiger partial charge in [0.05, 0.1) is 29.9 Å². The van der Waals surface area contributed by atoms with Crippen LogP contribution < -0.4 is 9.91 Å². The number of amides is 2. The molecule has 0 saturated carbocycles. The first-order valence-corrected chi connectivity index (χ1v) is 15.6. The molecule has 5 rings (SSSR count). The fourth-order valence-corrected chi connectivity index (χ4v) is 5.85. The lowest BCUT2D eigenvalue weighted by Gasteiger charge is -2.28. The van der Waals surface area contributed by atoms with Gasteiger partial charge in [-0.3, -0.25) is 19.1 Å². The van der Waals surface area contributed by atoms with Crippen molar-refractivity contribution in [3.63, 3.8) is 0 Å². The molecule has 3 heterocycles. The van der Waals surface area contributed by atoms with E-state index in [1.54, 1.807) is 40.9 Å². The van der Waals surface area contributed by atoms with Crippen molar-refractivity contribution in [2.75, 3.05) is 30.2 Å². The second-order valence-corrected chi connectivity index (χ2v) is 11.5. The molecule has 12 nitrogen and oxygen atoms in total. The predicted molar refractivity (Wildman–Crippen MR) is 172 cm³/mol. The Balaban J connectivity index is 1.41. The molecule has 2 aliphatic rings. The Labute approximate surface area is 268 Å². The van der Waals surface area contributed by atoms with Gasteiger partial charge in [0.15, 0.2) is 5.60 Å². The van der Waals surface area contributed by atoms with Crippen LogP contribution in [0.5, 0.6) is 0 Å². The summed E-state index contributed by atoms with van der Waals surface area (Å²) < 4.78 is 6.43. The standard InChI is InChI=1S/C34H40N6O6/c1-24(10-6-8-19-38-23-26(18-21-41)35-37-38)34(45)28-22-27(40-31(42)17-15-29(36-40)25-11-4-3-5-12-25)14-16-30(28)39(33(34)44)20-9-7-13-32(43)46-2/h3-6,10-12,14,16,22-24,41,45H,7-9,13,15,17-21H2,1-2H3/b10-6+/t24-,34+/m0/s1. The Bertz CT molecular complexity index is 1620. The number of methoxy groups -OCH3 is 1. The molecular formula is C34H40N6O6. The van der Waals surface area contributed by atoms with Crippen molar-refractivity contribution >= 4 is 34.9 Å². The largest absolute Gasteiger partial charge is 0.469 e. The van der Waals surface area contributed by atoms with Crippen LogP contribution in [-0.4, -0.2) is 69.0 Å². The zero-order valence-electron chi connectivity index (χ0n) is 26.2. The first-order chi connectivity index (χ1) is 22.3. The smallest absolute Gasteiger partial charge is 0.305 e. The van der Waals surface area contributed by atoms with Crippen LogP contribution >= 0.6 is 0 Å². The Kier molecular flexibility index (Phi) is 10.4. The van der Waals surface area contributed by atoms with Gasteiger partial charge in [0.2, 0.25) is 5.91 Å². The van der Waals surface area contributed by atoms with E-state index in [0.29, 0.717) is 67.8 Å². The highest BCUT2D eigenvalue weighted by atomic mass is 16.5. The number of aliphatic hydroxyl groups excluding tert-OH is 1. The normalized spacial score (nSPS) is 18.7. The van der Waals surface area contributed by atoms with Crippen LogP contribution in [0, 0.1) is 5.92 Å². The van der Waals surface area contributed by atoms with Crippen LogP contribution in [0.3, 0.4) is 0 Å². The van der Waals surface area contributed by atoms with E-state index in [0.717, 1.165) is 11.3 Å². The molecule has 2 amide bonds. The minimum absolute atomic E-state index is 0.000662. The molecule has 0 aliphatic carbocycles. The average molecular weight is 629 g/mol. The summed E-state index contributed by atoms with van der Waals surface area (Å²) in [6.45, 7) is 2.64. The number of aromatic nitrogens is 3. The Morgan fingerprint density at radius 1 is 1.11 bits per heavy atom. The molecule has 0 fully saturated rings. The maximum Gasteiger partial charge on any atom is 0.305 e. The maximum absolute atomic E-state index is 14.0. The molecule has 1 aromatic heterocycles. The molecule has 0 unspecified atom stereocenters. The van der Waals surface area contributed by atoms with Crippen LogP contribution in [0.2, 0.25) is 0 Å². The van der Waals surface area contributed by atoms with Gasteiger partial charge in [-0.25, -0.2) is 5.01 Å². The zero-order chi connectivity index (χ0) is 32.7. The van der Waals surface area contributed by atoms with Crippen molar-refractivity contribution in [2.45, 2.75) is 64.0 Å². The van der Waals surface area contributed by atoms with E-state index < -0.39 is 17.4 Å². The molecule has 12 heteroatoms. The fourth-order valence-electron chi connectivity index (χ4n) is 5.85. The fraction of sp³-hybridized carbons (Fsp3) is 0.412. The van der Waals surface area contributed by atoms with Crippen LogP contribution in [0.15, 0.2) is 72.0 Å². The third-order valence-electron chi connectivity index (χ3n) is 8.44. The van der Waals surface area contributed by atoms with E-state index in [2.05, 4.69) is 15.4 Å². The second kappa shape index (κ2) is 14.6. The van der Waals surface area contributed by atoms with Crippen LogP contribution in [-0.2, 0) is 37.7 Å². The molecule has 0 bridgehead atoms. The molecule has 0 spiro atoms. The molecule has 2 aliphatic heterocycles. The molecule has 3 aromatic rings. The number of esters is 1. The zero-order valence-corrected chi connectivity index (χ0v) is 26.2. The van der Waals surface area contributed by atoms with Gasteiger partial charge in [-0.2, -0.15) is 5.10 Å². The highest BCUT2D eigenvalue weighted by Crippen LogP contribution is 2.47. The Hall–Kier alpha value is -4.68. The van der Waals surface area contributed by atoms with Crippen molar-refractivity contribution in [3.05, 3.63) is 83.7 Å². The predicted octanol–water partition coefficient (Wildman–Crippen LogP) is 3.50. The minimum Gasteiger partial charge on any atom is -0.469 e. The second-order valence-electron chi connectivity index (χ2n) is 11.5. The number of nitrogens with zero attached hydrogens (tertiary/aromatic N) is 6. The quantitative estimate of drug-likeness (QED) is 0.156. The molecular weight excluding hydrogens is 588 g/mol. The van der Waals surface area contributed by atoms with E-state index in [9.17, 15) is 19.5 Å². The summed E-state index contributed by atoms with van der Waals surface area (Å²) in [7, 11) is 1.34. The summed E-state index contributed by atoms with van der Waals surface area (Å²) in [4.78, 5) is 40.3. The number of aliphatic hydroxyl groups is 2. The third kappa shape index (κ3) is 6.92. The first-order valence-electron chi connectivity index (χ1n) is 15.6. The van der Waals surface area contributed by atoms with E-state index in [-0.39, 0.29) is 31.3 Å². The topological polar surface area (TPSA) is 150 Å². The Morgan fingerprint density at radius 3 is 2.67 bits per heavy atom. The molecule has 242 valence electrons. The van der Waals surface area contributed by atoms with Gasteiger partial charge in [-0.15, -0.1) is 5.10 Å². The number of hydrazone groups is 1. The summed E-state index contributed by atoms with van der Waals surface area (Å²) >= 11 is 0. The van der Waals surface area contributed by atoms with Gasteiger partial charge < -0.3 is 19.8 Å². The number of unbranched alkanes of at least 4 members (excludes halogenated alkanes) is 1. The number of hydrogen-bond acceptors (Lipinski definition) is 9. The highest BCUT2D eigenvalue weighted by Gasteiger charge is 2.52. The SMILES string of the molecule is COC(=O)CCCCN1C(=O)[C@@](O)([C@@H](C)/C=C/CCn2cc(CCO)nn2)c2cc(N3N=C(c4ccccc4)CCC3=O)ccc21. The number of ether oxygens (including phenoxy) is 1. The van der Waals surface area contributed by atoms with Crippen LogP contribution in [0.25, 0.3) is 0 Å². The van der Waals surface area contributed by atoms with Gasteiger partial charge in [-0.1, -0.05) is 54.6 Å². The minimum atomic E-state index is -1.89. The lowest BCUT2D eigenvalue weighted by atomic mass is 9.82. The monoisotopic (exact) mass is 628 g/mol. The number of hydrogen-bond donors (Lipinski definition) is 2. The number of rotatable bonds is 14. The third-order valence-corrected chi connectivity index (χ3v) is 8.44. The van der Waals surface area contributed by atoms with Crippen molar-refractivity contribution in [1.82, 2.24) is 15.0 Å². The van der Waals surface area contributed by atoms with Gasteiger partial charge in [-0.05, 0) is 43.0 Å². The summed E-state index contributed by atoms with van der Waals surface area (Å²) in [5.74, 6) is -1.56. The number of fused-ring (bicyclic) bond motifs is 1.